The molecule has 176 valence electrons. The predicted octanol–water partition coefficient (Wildman–Crippen LogP) is 3.88. The third kappa shape index (κ3) is 2.92. The average Bonchev–Trinajstić information content (AvgIpc) is 3.56. The molecule has 1 aromatic carbocycles. The van der Waals surface area contributed by atoms with E-state index in [1.807, 2.05) is 18.2 Å². The standard InChI is InChI=1S/C26H30O6S/c1-16-14-25(33-15-17-6-4-3-5-7-17)22(23(28)29-2)21-20(27)9-8-18-19(26(16,21)32-25)10-11-24(18)30-12-13-31-24/h3-7,14,18-19,21-22H,8-13,15H2,1-2H3/t18-,19+,21-,22+,25-,26-/m0/s1. The van der Waals surface area contributed by atoms with E-state index in [-0.39, 0.29) is 23.6 Å². The molecule has 0 aromatic heterocycles. The van der Waals surface area contributed by atoms with E-state index in [9.17, 15) is 9.59 Å². The average molecular weight is 471 g/mol. The number of methoxy groups -OCH3 is 1. The van der Waals surface area contributed by atoms with Crippen LogP contribution in [0.15, 0.2) is 42.0 Å². The summed E-state index contributed by atoms with van der Waals surface area (Å²) in [6.07, 6.45) is 4.87. The molecule has 2 aliphatic carbocycles. The first-order chi connectivity index (χ1) is 16.0. The summed E-state index contributed by atoms with van der Waals surface area (Å²) in [6.45, 7) is 3.25. The van der Waals surface area contributed by atoms with E-state index in [1.165, 1.54) is 7.11 Å². The molecular formula is C26H30O6S. The molecule has 2 saturated carbocycles. The number of fused-ring (bicyclic) bond motifs is 3. The van der Waals surface area contributed by atoms with Gasteiger partial charge < -0.3 is 18.9 Å². The Hall–Kier alpha value is -1.67. The van der Waals surface area contributed by atoms with E-state index in [2.05, 4.69) is 25.1 Å². The van der Waals surface area contributed by atoms with Crippen LogP contribution < -0.4 is 0 Å². The van der Waals surface area contributed by atoms with Crippen molar-refractivity contribution in [2.24, 2.45) is 23.7 Å². The molecule has 4 fully saturated rings. The number of ketones is 1. The number of benzene rings is 1. The molecule has 6 rings (SSSR count). The lowest BCUT2D eigenvalue weighted by atomic mass is 9.63. The topological polar surface area (TPSA) is 71.1 Å². The lowest BCUT2D eigenvalue weighted by Gasteiger charge is -2.41. The van der Waals surface area contributed by atoms with E-state index in [0.717, 1.165) is 24.0 Å². The lowest BCUT2D eigenvalue weighted by Crippen LogP contribution is -2.51. The van der Waals surface area contributed by atoms with Gasteiger partial charge >= 0.3 is 5.97 Å². The Kier molecular flexibility index (Phi) is 5.07. The molecular weight excluding hydrogens is 440 g/mol. The summed E-state index contributed by atoms with van der Waals surface area (Å²) in [5, 5.41) is 0. The molecule has 2 spiro atoms. The minimum absolute atomic E-state index is 0.0668. The first kappa shape index (κ1) is 21.8. The maximum absolute atomic E-state index is 13.7. The SMILES string of the molecule is COC(=O)[C@H]1[C@@H]2C(=O)CC[C@H]3[C@@H](CCC34OCCO4)[C@]23O[C@]1(SCc1ccccc1)C=C3C. The molecule has 2 bridgehead atoms. The molecule has 1 aromatic rings. The molecule has 6 nitrogen and oxygen atoms in total. The van der Waals surface area contributed by atoms with Gasteiger partial charge in [0.2, 0.25) is 0 Å². The second-order valence-electron chi connectivity index (χ2n) is 9.96. The maximum Gasteiger partial charge on any atom is 0.313 e. The highest BCUT2D eigenvalue weighted by atomic mass is 32.2. The van der Waals surface area contributed by atoms with Crippen LogP contribution in [0.5, 0.6) is 0 Å². The van der Waals surface area contributed by atoms with Crippen molar-refractivity contribution in [2.45, 2.75) is 54.7 Å². The van der Waals surface area contributed by atoms with Gasteiger partial charge in [0, 0.05) is 30.4 Å². The van der Waals surface area contributed by atoms with Crippen LogP contribution in [-0.4, -0.2) is 48.4 Å². The third-order valence-corrected chi connectivity index (χ3v) is 9.97. The van der Waals surface area contributed by atoms with Crippen LogP contribution in [0.3, 0.4) is 0 Å². The largest absolute Gasteiger partial charge is 0.469 e. The molecule has 0 amide bonds. The smallest absolute Gasteiger partial charge is 0.313 e. The summed E-state index contributed by atoms with van der Waals surface area (Å²) in [6, 6.07) is 10.2. The summed E-state index contributed by atoms with van der Waals surface area (Å²) in [4.78, 5) is 26.0. The number of hydrogen-bond donors (Lipinski definition) is 0. The Bertz CT molecular complexity index is 1000. The molecule has 6 atom stereocenters. The first-order valence-corrected chi connectivity index (χ1v) is 12.9. The minimum Gasteiger partial charge on any atom is -0.469 e. The molecule has 33 heavy (non-hydrogen) atoms. The van der Waals surface area contributed by atoms with Crippen LogP contribution >= 0.6 is 11.8 Å². The molecule has 0 unspecified atom stereocenters. The molecule has 0 N–H and O–H groups in total. The summed E-state index contributed by atoms with van der Waals surface area (Å²) in [5.74, 6) is -1.26. The predicted molar refractivity (Wildman–Crippen MR) is 122 cm³/mol. The number of carbonyl (C=O) groups excluding carboxylic acids is 2. The van der Waals surface area contributed by atoms with Gasteiger partial charge in [-0.3, -0.25) is 9.59 Å². The van der Waals surface area contributed by atoms with Gasteiger partial charge in [0.15, 0.2) is 5.79 Å². The number of ether oxygens (including phenoxy) is 4. The van der Waals surface area contributed by atoms with E-state index in [4.69, 9.17) is 18.9 Å². The van der Waals surface area contributed by atoms with E-state index < -0.39 is 28.2 Å². The first-order valence-electron chi connectivity index (χ1n) is 11.9. The van der Waals surface area contributed by atoms with Gasteiger partial charge in [0.25, 0.3) is 0 Å². The summed E-state index contributed by atoms with van der Waals surface area (Å²) in [5.41, 5.74) is 1.41. The highest BCUT2D eigenvalue weighted by Gasteiger charge is 2.76. The van der Waals surface area contributed by atoms with Gasteiger partial charge in [-0.05, 0) is 37.0 Å². The van der Waals surface area contributed by atoms with Crippen molar-refractivity contribution in [3.63, 3.8) is 0 Å². The zero-order valence-electron chi connectivity index (χ0n) is 19.1. The van der Waals surface area contributed by atoms with Crippen LogP contribution in [0.4, 0.5) is 0 Å². The van der Waals surface area contributed by atoms with Crippen molar-refractivity contribution >= 4 is 23.5 Å². The third-order valence-electron chi connectivity index (χ3n) is 8.58. The molecule has 5 aliphatic rings. The summed E-state index contributed by atoms with van der Waals surface area (Å²) in [7, 11) is 1.40. The van der Waals surface area contributed by atoms with Gasteiger partial charge in [-0.2, -0.15) is 0 Å². The molecule has 2 saturated heterocycles. The van der Waals surface area contributed by atoms with Gasteiger partial charge in [-0.25, -0.2) is 0 Å². The van der Waals surface area contributed by atoms with Crippen molar-refractivity contribution in [3.05, 3.63) is 47.5 Å². The Morgan fingerprint density at radius 1 is 1.15 bits per heavy atom. The van der Waals surface area contributed by atoms with Gasteiger partial charge in [0.1, 0.15) is 22.2 Å². The zero-order valence-corrected chi connectivity index (χ0v) is 19.9. The maximum atomic E-state index is 13.7. The highest BCUT2D eigenvalue weighted by molar-refractivity contribution is 8.00. The highest BCUT2D eigenvalue weighted by Crippen LogP contribution is 2.69. The van der Waals surface area contributed by atoms with Crippen molar-refractivity contribution in [2.75, 3.05) is 20.3 Å². The zero-order chi connectivity index (χ0) is 22.8. The number of hydrogen-bond acceptors (Lipinski definition) is 7. The molecule has 0 radical (unpaired) electrons. The van der Waals surface area contributed by atoms with Crippen molar-refractivity contribution in [3.8, 4) is 0 Å². The fraction of sp³-hybridized carbons (Fsp3) is 0.615. The van der Waals surface area contributed by atoms with Crippen molar-refractivity contribution < 1.29 is 28.5 Å². The van der Waals surface area contributed by atoms with Crippen LogP contribution in [0.25, 0.3) is 0 Å². The van der Waals surface area contributed by atoms with Crippen LogP contribution in [-0.2, 0) is 34.3 Å². The Balaban J connectivity index is 1.43. The van der Waals surface area contributed by atoms with Crippen LogP contribution in [0.1, 0.15) is 38.2 Å². The van der Waals surface area contributed by atoms with E-state index in [1.54, 1.807) is 11.8 Å². The second-order valence-corrected chi connectivity index (χ2v) is 11.2. The number of Topliss-reactive ketones (excluding diaryl/α,β-unsaturated/α-hetero) is 1. The van der Waals surface area contributed by atoms with Gasteiger partial charge in [-0.1, -0.05) is 30.3 Å². The normalized spacial score (nSPS) is 40.4. The second kappa shape index (κ2) is 7.67. The number of rotatable bonds is 4. The Labute approximate surface area is 198 Å². The van der Waals surface area contributed by atoms with Gasteiger partial charge in [0.05, 0.1) is 26.2 Å². The van der Waals surface area contributed by atoms with Crippen molar-refractivity contribution in [1.29, 1.82) is 0 Å². The van der Waals surface area contributed by atoms with Gasteiger partial charge in [-0.15, -0.1) is 11.8 Å². The monoisotopic (exact) mass is 470 g/mol. The Morgan fingerprint density at radius 2 is 1.91 bits per heavy atom. The summed E-state index contributed by atoms with van der Waals surface area (Å²) < 4.78 is 24.6. The molecule has 7 heteroatoms. The van der Waals surface area contributed by atoms with Crippen LogP contribution in [0.2, 0.25) is 0 Å². The van der Waals surface area contributed by atoms with E-state index in [0.29, 0.717) is 31.8 Å². The number of esters is 1. The number of thioether (sulfide) groups is 1. The quantitative estimate of drug-likeness (QED) is 0.488. The van der Waals surface area contributed by atoms with Crippen molar-refractivity contribution in [1.82, 2.24) is 0 Å². The molecule has 3 aliphatic heterocycles. The fourth-order valence-corrected chi connectivity index (χ4v) is 8.83. The lowest BCUT2D eigenvalue weighted by molar-refractivity contribution is -0.196. The Morgan fingerprint density at radius 3 is 2.64 bits per heavy atom. The van der Waals surface area contributed by atoms with E-state index >= 15 is 0 Å². The fourth-order valence-electron chi connectivity index (χ4n) is 7.38. The number of carbonyl (C=O) groups is 2. The minimum atomic E-state index is -0.914. The molecule has 3 heterocycles. The summed E-state index contributed by atoms with van der Waals surface area (Å²) >= 11 is 1.60. The van der Waals surface area contributed by atoms with Crippen LogP contribution in [0, 0.1) is 23.7 Å².